The molecule has 0 radical (unpaired) electrons. The first kappa shape index (κ1) is 9.83. The van der Waals surface area contributed by atoms with Crippen LogP contribution in [0.5, 0.6) is 0 Å². The number of fused-ring (bicyclic) bond motifs is 1. The van der Waals surface area contributed by atoms with Crippen molar-refractivity contribution < 1.29 is 13.6 Å². The molecule has 2 aliphatic rings. The Morgan fingerprint density at radius 3 is 2.71 bits per heavy atom. The number of nitrogens with zero attached hydrogens (tertiary/aromatic N) is 2. The molecule has 0 aromatic heterocycles. The third-order valence-electron chi connectivity index (χ3n) is 3.30. The van der Waals surface area contributed by atoms with Crippen LogP contribution >= 0.6 is 0 Å². The summed E-state index contributed by atoms with van der Waals surface area (Å²) < 4.78 is 25.8. The Balaban J connectivity index is 2.26. The minimum Gasteiger partial charge on any atom is -0.275 e. The second-order valence-corrected chi connectivity index (χ2v) is 3.98. The summed E-state index contributed by atoms with van der Waals surface area (Å²) in [5, 5.41) is 3.26. The summed E-state index contributed by atoms with van der Waals surface area (Å²) in [6, 6.07) is 0. The second-order valence-electron chi connectivity index (χ2n) is 3.98. The summed E-state index contributed by atoms with van der Waals surface area (Å²) in [6.07, 6.45) is -1.43. The zero-order valence-corrected chi connectivity index (χ0v) is 8.17. The molecular weight excluding hydrogens is 190 g/mol. The summed E-state index contributed by atoms with van der Waals surface area (Å²) in [5.41, 5.74) is -1.43. The van der Waals surface area contributed by atoms with Crippen molar-refractivity contribution in [3.8, 4) is 0 Å². The maximum Gasteiger partial charge on any atom is 0.254 e. The number of hydrogen-bond acceptors (Lipinski definition) is 2. The molecule has 0 N–H and O–H groups in total. The van der Waals surface area contributed by atoms with Crippen LogP contribution in [-0.2, 0) is 4.79 Å². The van der Waals surface area contributed by atoms with Crippen molar-refractivity contribution in [2.24, 2.45) is 5.41 Å². The first-order chi connectivity index (χ1) is 6.62. The van der Waals surface area contributed by atoms with Gasteiger partial charge in [0.2, 0.25) is 5.91 Å². The first-order valence-electron chi connectivity index (χ1n) is 4.97. The number of hydrazine groups is 1. The van der Waals surface area contributed by atoms with Crippen LogP contribution in [0.4, 0.5) is 8.78 Å². The Labute approximate surface area is 81.6 Å². The summed E-state index contributed by atoms with van der Waals surface area (Å²) in [5.74, 6) is -0.382. The molecule has 2 heterocycles. The quantitative estimate of drug-likeness (QED) is 0.672. The smallest absolute Gasteiger partial charge is 0.254 e. The Hall–Kier alpha value is -0.710. The van der Waals surface area contributed by atoms with Crippen molar-refractivity contribution >= 4 is 5.91 Å². The molecule has 0 spiro atoms. The van der Waals surface area contributed by atoms with Crippen LogP contribution in [0.2, 0.25) is 0 Å². The third-order valence-corrected chi connectivity index (χ3v) is 3.30. The topological polar surface area (TPSA) is 23.6 Å². The monoisotopic (exact) mass is 204 g/mol. The standard InChI is InChI=1S/C9H14F2N2O/c1-2-9(7(10)11)6-12-4-3-5-13(12)8(9)14/h7H,2-6H2,1H3/t9-/m1/s1. The van der Waals surface area contributed by atoms with Crippen molar-refractivity contribution in [2.45, 2.75) is 26.2 Å². The molecule has 0 aromatic carbocycles. The number of amides is 1. The molecule has 0 unspecified atom stereocenters. The van der Waals surface area contributed by atoms with Gasteiger partial charge in [-0.2, -0.15) is 0 Å². The molecule has 0 aromatic rings. The normalized spacial score (nSPS) is 33.1. The lowest BCUT2D eigenvalue weighted by atomic mass is 9.85. The Morgan fingerprint density at radius 2 is 2.21 bits per heavy atom. The molecule has 0 saturated carbocycles. The highest BCUT2D eigenvalue weighted by atomic mass is 19.3. The minimum atomic E-state index is -2.55. The summed E-state index contributed by atoms with van der Waals surface area (Å²) in [6.45, 7) is 3.20. The molecule has 1 amide bonds. The van der Waals surface area contributed by atoms with E-state index in [4.69, 9.17) is 0 Å². The van der Waals surface area contributed by atoms with Crippen LogP contribution in [0.1, 0.15) is 19.8 Å². The van der Waals surface area contributed by atoms with Gasteiger partial charge in [0.15, 0.2) is 0 Å². The van der Waals surface area contributed by atoms with E-state index in [1.54, 1.807) is 11.9 Å². The number of halogens is 2. The Morgan fingerprint density at radius 1 is 1.50 bits per heavy atom. The average Bonchev–Trinajstić information content (AvgIpc) is 2.67. The third kappa shape index (κ3) is 1.08. The number of carbonyl (C=O) groups is 1. The molecule has 5 heteroatoms. The van der Waals surface area contributed by atoms with E-state index in [0.29, 0.717) is 6.54 Å². The number of rotatable bonds is 2. The van der Waals surface area contributed by atoms with E-state index in [1.807, 2.05) is 0 Å². The number of hydrogen-bond donors (Lipinski definition) is 0. The fraction of sp³-hybridized carbons (Fsp3) is 0.889. The molecule has 0 bridgehead atoms. The van der Waals surface area contributed by atoms with E-state index in [0.717, 1.165) is 13.0 Å². The lowest BCUT2D eigenvalue weighted by Gasteiger charge is -2.23. The summed E-state index contributed by atoms with van der Waals surface area (Å²) >= 11 is 0. The van der Waals surface area contributed by atoms with E-state index in [-0.39, 0.29) is 18.9 Å². The van der Waals surface area contributed by atoms with Crippen LogP contribution in [0.15, 0.2) is 0 Å². The van der Waals surface area contributed by atoms with Crippen molar-refractivity contribution in [1.82, 2.24) is 10.0 Å². The second kappa shape index (κ2) is 3.15. The Bertz CT molecular complexity index is 259. The highest BCUT2D eigenvalue weighted by molar-refractivity contribution is 5.85. The van der Waals surface area contributed by atoms with E-state index in [2.05, 4.69) is 0 Å². The van der Waals surface area contributed by atoms with Crippen LogP contribution in [0.25, 0.3) is 0 Å². The highest BCUT2D eigenvalue weighted by Gasteiger charge is 2.56. The summed E-state index contributed by atoms with van der Waals surface area (Å²) in [7, 11) is 0. The van der Waals surface area contributed by atoms with Gasteiger partial charge in [-0.1, -0.05) is 6.92 Å². The molecule has 0 aliphatic carbocycles. The van der Waals surface area contributed by atoms with Gasteiger partial charge in [-0.05, 0) is 12.8 Å². The van der Waals surface area contributed by atoms with Gasteiger partial charge in [-0.15, -0.1) is 0 Å². The maximum absolute atomic E-state index is 12.9. The average molecular weight is 204 g/mol. The van der Waals surface area contributed by atoms with E-state index < -0.39 is 11.8 Å². The first-order valence-corrected chi connectivity index (χ1v) is 4.97. The fourth-order valence-electron chi connectivity index (χ4n) is 2.29. The molecule has 2 saturated heterocycles. The van der Waals surface area contributed by atoms with Crippen LogP contribution in [0, 0.1) is 5.41 Å². The molecule has 2 rings (SSSR count). The van der Waals surface area contributed by atoms with Gasteiger partial charge < -0.3 is 0 Å². The zero-order valence-electron chi connectivity index (χ0n) is 8.17. The molecule has 2 aliphatic heterocycles. The SMILES string of the molecule is CC[C@]1(C(F)F)CN2CCCN2C1=O. The maximum atomic E-state index is 12.9. The van der Waals surface area contributed by atoms with E-state index in [9.17, 15) is 13.6 Å². The fourth-order valence-corrected chi connectivity index (χ4v) is 2.29. The van der Waals surface area contributed by atoms with Crippen LogP contribution in [0.3, 0.4) is 0 Å². The molecule has 14 heavy (non-hydrogen) atoms. The lowest BCUT2D eigenvalue weighted by molar-refractivity contribution is -0.146. The van der Waals surface area contributed by atoms with Gasteiger partial charge in [0.05, 0.1) is 0 Å². The van der Waals surface area contributed by atoms with Crippen molar-refractivity contribution in [3.05, 3.63) is 0 Å². The van der Waals surface area contributed by atoms with Gasteiger partial charge in [-0.25, -0.2) is 13.8 Å². The van der Waals surface area contributed by atoms with E-state index in [1.165, 1.54) is 5.01 Å². The van der Waals surface area contributed by atoms with Gasteiger partial charge in [-0.3, -0.25) is 9.80 Å². The van der Waals surface area contributed by atoms with Gasteiger partial charge >= 0.3 is 0 Å². The van der Waals surface area contributed by atoms with E-state index >= 15 is 0 Å². The van der Waals surface area contributed by atoms with Crippen molar-refractivity contribution in [3.63, 3.8) is 0 Å². The number of alkyl halides is 2. The zero-order chi connectivity index (χ0) is 10.3. The highest BCUT2D eigenvalue weighted by Crippen LogP contribution is 2.40. The molecule has 1 atom stereocenters. The predicted molar refractivity (Wildman–Crippen MR) is 46.6 cm³/mol. The molecule has 3 nitrogen and oxygen atoms in total. The van der Waals surface area contributed by atoms with Crippen molar-refractivity contribution in [2.75, 3.05) is 19.6 Å². The van der Waals surface area contributed by atoms with Gasteiger partial charge in [0.25, 0.3) is 6.43 Å². The van der Waals surface area contributed by atoms with Gasteiger partial charge in [0.1, 0.15) is 5.41 Å². The molecular formula is C9H14F2N2O. The van der Waals surface area contributed by atoms with Crippen molar-refractivity contribution in [1.29, 1.82) is 0 Å². The molecule has 2 fully saturated rings. The van der Waals surface area contributed by atoms with Gasteiger partial charge in [0, 0.05) is 19.6 Å². The Kier molecular flexibility index (Phi) is 2.21. The molecule has 80 valence electrons. The predicted octanol–water partition coefficient (Wildman–Crippen LogP) is 1.11. The summed E-state index contributed by atoms with van der Waals surface area (Å²) in [4.78, 5) is 11.8. The lowest BCUT2D eigenvalue weighted by Crippen LogP contribution is -2.40. The minimum absolute atomic E-state index is 0.194. The van der Waals surface area contributed by atoms with Crippen LogP contribution in [-0.4, -0.2) is 42.0 Å². The largest absolute Gasteiger partial charge is 0.275 e. The number of carbonyl (C=O) groups excluding carboxylic acids is 1. The van der Waals surface area contributed by atoms with Crippen LogP contribution < -0.4 is 0 Å².